The molecule has 1 fully saturated rings. The van der Waals surface area contributed by atoms with Crippen LogP contribution in [0.4, 0.5) is 8.78 Å². The monoisotopic (exact) mass is 234 g/mol. The van der Waals surface area contributed by atoms with Crippen molar-refractivity contribution in [2.75, 3.05) is 6.61 Å². The minimum Gasteiger partial charge on any atom is -0.417 e. The zero-order valence-corrected chi connectivity index (χ0v) is 9.45. The first-order valence-electron chi connectivity index (χ1n) is 5.50. The van der Waals surface area contributed by atoms with E-state index in [4.69, 9.17) is 9.15 Å². The molecule has 1 aromatic heterocycles. The Morgan fingerprint density at radius 1 is 1.25 bits per heavy atom. The molecule has 2 rings (SSSR count). The number of halogens is 2. The van der Waals surface area contributed by atoms with Crippen molar-refractivity contribution in [3.05, 3.63) is 11.8 Å². The van der Waals surface area contributed by atoms with E-state index in [0.29, 0.717) is 6.61 Å². The fourth-order valence-electron chi connectivity index (χ4n) is 1.40. The van der Waals surface area contributed by atoms with Crippen LogP contribution in [0, 0.1) is 0 Å². The molecule has 1 saturated heterocycles. The number of nitrogens with zero attached hydrogens (tertiary/aromatic N) is 2. The fraction of sp³-hybridized carbons (Fsp3) is 0.800. The van der Waals surface area contributed by atoms with Gasteiger partial charge in [0.25, 0.3) is 5.89 Å². The maximum Gasteiger partial charge on any atom is 0.314 e. The zero-order valence-electron chi connectivity index (χ0n) is 9.45. The van der Waals surface area contributed by atoms with Crippen LogP contribution in [0.5, 0.6) is 0 Å². The molecule has 0 aromatic carbocycles. The highest BCUT2D eigenvalue weighted by molar-refractivity contribution is 4.88. The molecule has 2 heterocycles. The lowest BCUT2D eigenvalue weighted by molar-refractivity contribution is -0.00435. The van der Waals surface area contributed by atoms with Crippen LogP contribution < -0.4 is 0 Å². The van der Waals surface area contributed by atoms with Crippen molar-refractivity contribution in [2.24, 2.45) is 0 Å². The van der Waals surface area contributed by atoms with Gasteiger partial charge in [-0.15, -0.1) is 10.2 Å². The molecular weight excluding hydrogens is 218 g/mol. The summed E-state index contributed by atoms with van der Waals surface area (Å²) in [5.74, 6) is -0.464. The normalized spacial score (nSPS) is 20.4. The van der Waals surface area contributed by atoms with Gasteiger partial charge in [0, 0.05) is 6.61 Å². The van der Waals surface area contributed by atoms with E-state index in [9.17, 15) is 8.78 Å². The second-order valence-electron chi connectivity index (χ2n) is 3.13. The summed E-state index contributed by atoms with van der Waals surface area (Å²) in [5, 5.41) is 6.78. The largest absolute Gasteiger partial charge is 0.417 e. The topological polar surface area (TPSA) is 48.2 Å². The summed E-state index contributed by atoms with van der Waals surface area (Å²) in [6.07, 6.45) is -0.266. The van der Waals surface area contributed by atoms with Gasteiger partial charge in [-0.3, -0.25) is 0 Å². The van der Waals surface area contributed by atoms with E-state index >= 15 is 0 Å². The first kappa shape index (κ1) is 13.0. The average molecular weight is 234 g/mol. The minimum absolute atomic E-state index is 0.167. The van der Waals surface area contributed by atoms with Gasteiger partial charge in [0.05, 0.1) is 0 Å². The summed E-state index contributed by atoms with van der Waals surface area (Å²) in [4.78, 5) is 0. The molecule has 6 heteroatoms. The van der Waals surface area contributed by atoms with Crippen molar-refractivity contribution in [3.8, 4) is 0 Å². The molecule has 1 aliphatic heterocycles. The quantitative estimate of drug-likeness (QED) is 0.787. The van der Waals surface area contributed by atoms with Crippen molar-refractivity contribution < 1.29 is 17.9 Å². The summed E-state index contributed by atoms with van der Waals surface area (Å²) in [6, 6.07) is 0. The highest BCUT2D eigenvalue weighted by Gasteiger charge is 2.24. The molecular formula is C10H16F2N2O2. The van der Waals surface area contributed by atoms with Gasteiger partial charge in [-0.25, -0.2) is 0 Å². The molecule has 1 aliphatic rings. The molecule has 1 atom stereocenters. The Morgan fingerprint density at radius 3 is 2.50 bits per heavy atom. The fourth-order valence-corrected chi connectivity index (χ4v) is 1.40. The van der Waals surface area contributed by atoms with Gasteiger partial charge < -0.3 is 9.15 Å². The second kappa shape index (κ2) is 6.52. The predicted molar refractivity (Wildman–Crippen MR) is 53.1 cm³/mol. The molecule has 0 bridgehead atoms. The van der Waals surface area contributed by atoms with Crippen LogP contribution in [-0.2, 0) is 4.74 Å². The lowest BCUT2D eigenvalue weighted by Crippen LogP contribution is -2.11. The van der Waals surface area contributed by atoms with Crippen LogP contribution >= 0.6 is 0 Å². The summed E-state index contributed by atoms with van der Waals surface area (Å²) < 4.78 is 34.3. The van der Waals surface area contributed by atoms with Crippen molar-refractivity contribution in [2.45, 2.75) is 45.6 Å². The van der Waals surface area contributed by atoms with Gasteiger partial charge >= 0.3 is 6.43 Å². The third-order valence-electron chi connectivity index (χ3n) is 2.10. The Hall–Kier alpha value is -1.04. The van der Waals surface area contributed by atoms with E-state index in [-0.39, 0.29) is 12.0 Å². The van der Waals surface area contributed by atoms with Crippen molar-refractivity contribution in [3.63, 3.8) is 0 Å². The van der Waals surface area contributed by atoms with Crippen LogP contribution in [0.1, 0.15) is 57.4 Å². The van der Waals surface area contributed by atoms with Crippen molar-refractivity contribution in [1.82, 2.24) is 10.2 Å². The Morgan fingerprint density at radius 2 is 2.00 bits per heavy atom. The Kier molecular flexibility index (Phi) is 5.31. The highest BCUT2D eigenvalue weighted by Crippen LogP contribution is 2.28. The second-order valence-corrected chi connectivity index (χ2v) is 3.13. The summed E-state index contributed by atoms with van der Waals surface area (Å²) >= 11 is 0. The van der Waals surface area contributed by atoms with Gasteiger partial charge in [-0.05, 0) is 19.3 Å². The van der Waals surface area contributed by atoms with Crippen LogP contribution in [0.3, 0.4) is 0 Å². The number of hydrogen-bond acceptors (Lipinski definition) is 4. The molecule has 0 radical (unpaired) electrons. The summed E-state index contributed by atoms with van der Waals surface area (Å²) in [6.45, 7) is 4.62. The van der Waals surface area contributed by atoms with E-state index in [2.05, 4.69) is 10.2 Å². The van der Waals surface area contributed by atoms with Crippen molar-refractivity contribution in [1.29, 1.82) is 0 Å². The number of aromatic nitrogens is 2. The Labute approximate surface area is 93.0 Å². The molecule has 92 valence electrons. The summed E-state index contributed by atoms with van der Waals surface area (Å²) in [5.41, 5.74) is 0. The molecule has 1 aromatic rings. The zero-order chi connectivity index (χ0) is 12.0. The molecule has 0 saturated carbocycles. The van der Waals surface area contributed by atoms with Crippen molar-refractivity contribution >= 4 is 0 Å². The molecule has 1 unspecified atom stereocenters. The van der Waals surface area contributed by atoms with E-state index < -0.39 is 12.3 Å². The Balaban J connectivity index is 0.000000606. The molecule has 0 amide bonds. The summed E-state index contributed by atoms with van der Waals surface area (Å²) in [7, 11) is 0. The van der Waals surface area contributed by atoms with Crippen LogP contribution in [0.15, 0.2) is 4.42 Å². The molecule has 16 heavy (non-hydrogen) atoms. The third-order valence-corrected chi connectivity index (χ3v) is 2.10. The predicted octanol–water partition coefficient (Wildman–Crippen LogP) is 3.28. The lowest BCUT2D eigenvalue weighted by atomic mass is 10.1. The molecule has 0 N–H and O–H groups in total. The maximum absolute atomic E-state index is 12.1. The maximum atomic E-state index is 12.1. The number of rotatable bonds is 2. The van der Waals surface area contributed by atoms with Gasteiger partial charge in [-0.1, -0.05) is 13.8 Å². The van der Waals surface area contributed by atoms with Gasteiger partial charge in [0.1, 0.15) is 6.10 Å². The minimum atomic E-state index is -2.71. The number of hydrogen-bond donors (Lipinski definition) is 0. The van der Waals surface area contributed by atoms with E-state index in [1.807, 2.05) is 13.8 Å². The molecule has 0 spiro atoms. The first-order valence-corrected chi connectivity index (χ1v) is 5.50. The lowest BCUT2D eigenvalue weighted by Gasteiger charge is -2.18. The Bertz CT molecular complexity index is 299. The standard InChI is InChI=1S/C8H10F2N2O2.C2H6/c9-6(10)8-12-11-7(14-8)5-3-1-2-4-13-5;1-2/h5-6H,1-4H2;1-2H3. The van der Waals surface area contributed by atoms with Crippen LogP contribution in [0.2, 0.25) is 0 Å². The van der Waals surface area contributed by atoms with Gasteiger partial charge in [0.2, 0.25) is 5.89 Å². The average Bonchev–Trinajstić information content (AvgIpc) is 2.82. The molecule has 4 nitrogen and oxygen atoms in total. The SMILES string of the molecule is CC.FC(F)c1nnc(C2CCCCO2)o1. The van der Waals surface area contributed by atoms with E-state index in [1.165, 1.54) is 0 Å². The van der Waals surface area contributed by atoms with E-state index in [0.717, 1.165) is 19.3 Å². The third kappa shape index (κ3) is 3.23. The van der Waals surface area contributed by atoms with Gasteiger partial charge in [0.15, 0.2) is 0 Å². The van der Waals surface area contributed by atoms with E-state index in [1.54, 1.807) is 0 Å². The number of alkyl halides is 2. The number of ether oxygens (including phenoxy) is 1. The van der Waals surface area contributed by atoms with Crippen LogP contribution in [0.25, 0.3) is 0 Å². The van der Waals surface area contributed by atoms with Gasteiger partial charge in [-0.2, -0.15) is 8.78 Å². The highest BCUT2D eigenvalue weighted by atomic mass is 19.3. The first-order chi connectivity index (χ1) is 7.77. The molecule has 0 aliphatic carbocycles. The smallest absolute Gasteiger partial charge is 0.314 e. The van der Waals surface area contributed by atoms with Crippen LogP contribution in [-0.4, -0.2) is 16.8 Å².